The Morgan fingerprint density at radius 3 is 2.84 bits per heavy atom. The second-order valence-electron chi connectivity index (χ2n) is 6.95. The second-order valence-corrected chi connectivity index (χ2v) is 8.79. The van der Waals surface area contributed by atoms with Crippen LogP contribution in [0.1, 0.15) is 18.7 Å². The van der Waals surface area contributed by atoms with Crippen LogP contribution in [0.25, 0.3) is 11.3 Å². The summed E-state index contributed by atoms with van der Waals surface area (Å²) < 4.78 is 18.1. The number of fused-ring (bicyclic) bond motifs is 4. The Kier molecular flexibility index (Phi) is 5.48. The maximum atomic E-state index is 12.9. The molecule has 3 aromatic rings. The van der Waals surface area contributed by atoms with Crippen molar-refractivity contribution >= 4 is 39.3 Å². The summed E-state index contributed by atoms with van der Waals surface area (Å²) in [6.07, 6.45) is 0.938. The highest BCUT2D eigenvalue weighted by Crippen LogP contribution is 2.46. The number of para-hydroxylation sites is 1. The highest BCUT2D eigenvalue weighted by molar-refractivity contribution is 9.10. The lowest BCUT2D eigenvalue weighted by atomic mass is 10.1. The van der Waals surface area contributed by atoms with Crippen LogP contribution in [0.4, 0.5) is 5.69 Å². The van der Waals surface area contributed by atoms with E-state index in [9.17, 15) is 4.79 Å². The first-order valence-corrected chi connectivity index (χ1v) is 11.5. The Bertz CT molecular complexity index is 1240. The summed E-state index contributed by atoms with van der Waals surface area (Å²) in [7, 11) is 0. The lowest BCUT2D eigenvalue weighted by Crippen LogP contribution is -2.36. The predicted molar refractivity (Wildman–Crippen MR) is 123 cm³/mol. The summed E-state index contributed by atoms with van der Waals surface area (Å²) in [6, 6.07) is 11.1. The van der Waals surface area contributed by atoms with E-state index >= 15 is 0 Å². The van der Waals surface area contributed by atoms with Crippen LogP contribution in [0, 0.1) is 0 Å². The fourth-order valence-electron chi connectivity index (χ4n) is 3.57. The molecule has 0 saturated carbocycles. The summed E-state index contributed by atoms with van der Waals surface area (Å²) in [5.74, 6) is 1.92. The van der Waals surface area contributed by atoms with Crippen LogP contribution in [0.15, 0.2) is 58.7 Å². The van der Waals surface area contributed by atoms with Gasteiger partial charge in [-0.3, -0.25) is 9.69 Å². The first-order valence-electron chi connectivity index (χ1n) is 9.70. The third-order valence-corrected chi connectivity index (χ3v) is 6.46. The minimum absolute atomic E-state index is 0.139. The SMILES string of the molecule is C=CCSc1nnc2c(n1)O[C@H](c1cc3c(cc1Br)OCO3)N(C(C)=O)c1ccccc1-2. The van der Waals surface area contributed by atoms with Gasteiger partial charge in [0, 0.05) is 28.3 Å². The zero-order valence-corrected chi connectivity index (χ0v) is 19.4. The number of anilines is 1. The Morgan fingerprint density at radius 2 is 2.06 bits per heavy atom. The summed E-state index contributed by atoms with van der Waals surface area (Å²) in [5.41, 5.74) is 2.51. The third kappa shape index (κ3) is 3.59. The van der Waals surface area contributed by atoms with Crippen LogP contribution < -0.4 is 19.1 Å². The number of hydrogen-bond donors (Lipinski definition) is 0. The van der Waals surface area contributed by atoms with Crippen LogP contribution in [0.3, 0.4) is 0 Å². The fourth-order valence-corrected chi connectivity index (χ4v) is 4.60. The second kappa shape index (κ2) is 8.44. The number of hydrogen-bond acceptors (Lipinski definition) is 8. The smallest absolute Gasteiger partial charge is 0.247 e. The minimum Gasteiger partial charge on any atom is -0.454 e. The Balaban J connectivity index is 1.71. The van der Waals surface area contributed by atoms with Crippen LogP contribution in [0.5, 0.6) is 17.4 Å². The average Bonchev–Trinajstić information content (AvgIpc) is 3.18. The number of benzene rings is 2. The standard InChI is InChI=1S/C22H17BrN4O4S/c1-3-8-32-22-24-20-19(25-26-22)13-6-4-5-7-16(13)27(12(2)28)21(31-20)14-9-17-18(10-15(14)23)30-11-29-17/h3-7,9-10,21H,1,8,11H2,2H3/t21-/m1/s1. The Labute approximate surface area is 196 Å². The number of thioether (sulfide) groups is 1. The van der Waals surface area contributed by atoms with Crippen molar-refractivity contribution in [2.24, 2.45) is 0 Å². The molecule has 1 aromatic heterocycles. The van der Waals surface area contributed by atoms with Gasteiger partial charge in [0.15, 0.2) is 17.2 Å². The van der Waals surface area contributed by atoms with Crippen molar-refractivity contribution in [1.29, 1.82) is 0 Å². The van der Waals surface area contributed by atoms with Crippen molar-refractivity contribution in [3.63, 3.8) is 0 Å². The van der Waals surface area contributed by atoms with E-state index in [1.807, 2.05) is 30.3 Å². The molecule has 0 saturated heterocycles. The zero-order chi connectivity index (χ0) is 22.2. The molecule has 2 aromatic carbocycles. The first-order chi connectivity index (χ1) is 15.6. The molecule has 0 unspecified atom stereocenters. The summed E-state index contributed by atoms with van der Waals surface area (Å²) in [6.45, 7) is 5.36. The molecule has 3 heterocycles. The normalized spacial score (nSPS) is 15.9. The van der Waals surface area contributed by atoms with Gasteiger partial charge < -0.3 is 14.2 Å². The lowest BCUT2D eigenvalue weighted by Gasteiger charge is -2.30. The van der Waals surface area contributed by atoms with Gasteiger partial charge in [0.25, 0.3) is 0 Å². The monoisotopic (exact) mass is 512 g/mol. The van der Waals surface area contributed by atoms with Gasteiger partial charge in [-0.25, -0.2) is 0 Å². The van der Waals surface area contributed by atoms with Crippen molar-refractivity contribution in [2.45, 2.75) is 18.3 Å². The van der Waals surface area contributed by atoms with Crippen LogP contribution in [-0.2, 0) is 4.79 Å². The van der Waals surface area contributed by atoms with Gasteiger partial charge in [0.2, 0.25) is 30.0 Å². The summed E-state index contributed by atoms with van der Waals surface area (Å²) in [5, 5.41) is 9.08. The van der Waals surface area contributed by atoms with Crippen molar-refractivity contribution in [1.82, 2.24) is 15.2 Å². The topological polar surface area (TPSA) is 86.7 Å². The number of carbonyl (C=O) groups is 1. The summed E-state index contributed by atoms with van der Waals surface area (Å²) >= 11 is 4.99. The highest BCUT2D eigenvalue weighted by atomic mass is 79.9. The Morgan fingerprint density at radius 1 is 1.28 bits per heavy atom. The minimum atomic E-state index is -0.826. The molecular formula is C22H17BrN4O4S. The molecular weight excluding hydrogens is 496 g/mol. The van der Waals surface area contributed by atoms with E-state index in [0.717, 1.165) is 0 Å². The molecule has 162 valence electrons. The van der Waals surface area contributed by atoms with Gasteiger partial charge in [-0.1, -0.05) is 52.0 Å². The quantitative estimate of drug-likeness (QED) is 0.365. The largest absolute Gasteiger partial charge is 0.454 e. The van der Waals surface area contributed by atoms with E-state index in [0.29, 0.717) is 49.4 Å². The number of halogens is 1. The van der Waals surface area contributed by atoms with E-state index in [1.165, 1.54) is 18.7 Å². The fraction of sp³-hybridized carbons (Fsp3) is 0.182. The number of aromatic nitrogens is 3. The molecule has 5 rings (SSSR count). The number of carbonyl (C=O) groups excluding carboxylic acids is 1. The molecule has 32 heavy (non-hydrogen) atoms. The van der Waals surface area contributed by atoms with E-state index in [2.05, 4.69) is 37.7 Å². The van der Waals surface area contributed by atoms with Crippen LogP contribution in [-0.4, -0.2) is 33.6 Å². The van der Waals surface area contributed by atoms with E-state index in [1.54, 1.807) is 17.0 Å². The van der Waals surface area contributed by atoms with Gasteiger partial charge >= 0.3 is 0 Å². The van der Waals surface area contributed by atoms with Gasteiger partial charge in [-0.15, -0.1) is 16.8 Å². The molecule has 0 aliphatic carbocycles. The van der Waals surface area contributed by atoms with E-state index in [-0.39, 0.29) is 18.6 Å². The van der Waals surface area contributed by atoms with Crippen molar-refractivity contribution < 1.29 is 19.0 Å². The molecule has 2 aliphatic rings. The molecule has 10 heteroatoms. The molecule has 0 fully saturated rings. The van der Waals surface area contributed by atoms with Gasteiger partial charge in [0.1, 0.15) is 0 Å². The number of rotatable bonds is 4. The van der Waals surface area contributed by atoms with Crippen molar-refractivity contribution in [3.8, 4) is 28.6 Å². The molecule has 8 nitrogen and oxygen atoms in total. The molecule has 0 bridgehead atoms. The number of amides is 1. The zero-order valence-electron chi connectivity index (χ0n) is 16.9. The van der Waals surface area contributed by atoms with Gasteiger partial charge in [0.05, 0.1) is 5.69 Å². The number of ether oxygens (including phenoxy) is 3. The molecule has 1 atom stereocenters. The Hall–Kier alpha value is -3.11. The highest BCUT2D eigenvalue weighted by Gasteiger charge is 2.36. The van der Waals surface area contributed by atoms with E-state index < -0.39 is 6.23 Å². The molecule has 1 amide bonds. The molecule has 2 aliphatic heterocycles. The maximum Gasteiger partial charge on any atom is 0.247 e. The van der Waals surface area contributed by atoms with E-state index in [4.69, 9.17) is 14.2 Å². The number of nitrogens with zero attached hydrogens (tertiary/aromatic N) is 4. The van der Waals surface area contributed by atoms with Crippen LogP contribution >= 0.6 is 27.7 Å². The predicted octanol–water partition coefficient (Wildman–Crippen LogP) is 4.75. The maximum absolute atomic E-state index is 12.9. The summed E-state index contributed by atoms with van der Waals surface area (Å²) in [4.78, 5) is 19.1. The van der Waals surface area contributed by atoms with Gasteiger partial charge in [-0.2, -0.15) is 4.98 Å². The van der Waals surface area contributed by atoms with Gasteiger partial charge in [-0.05, 0) is 18.2 Å². The van der Waals surface area contributed by atoms with Crippen LogP contribution in [0.2, 0.25) is 0 Å². The van der Waals surface area contributed by atoms with Crippen molar-refractivity contribution in [2.75, 3.05) is 17.4 Å². The molecule has 0 radical (unpaired) electrons. The molecule has 0 spiro atoms. The lowest BCUT2D eigenvalue weighted by molar-refractivity contribution is -0.118. The first kappa shape index (κ1) is 20.8. The third-order valence-electron chi connectivity index (χ3n) is 4.94. The average molecular weight is 513 g/mol. The molecule has 0 N–H and O–H groups in total. The van der Waals surface area contributed by atoms with Crippen molar-refractivity contribution in [3.05, 3.63) is 59.1 Å².